The molecule has 0 bridgehead atoms. The van der Waals surface area contributed by atoms with Crippen LogP contribution < -0.4 is 20.1 Å². The Kier molecular flexibility index (Phi) is 5.67. The lowest BCUT2D eigenvalue weighted by molar-refractivity contribution is 0.321. The van der Waals surface area contributed by atoms with Gasteiger partial charge in [0.25, 0.3) is 0 Å². The van der Waals surface area contributed by atoms with E-state index in [2.05, 4.69) is 32.7 Å². The normalized spacial score (nSPS) is 24.1. The summed E-state index contributed by atoms with van der Waals surface area (Å²) >= 11 is 0. The van der Waals surface area contributed by atoms with Gasteiger partial charge in [-0.15, -0.1) is 0 Å². The van der Waals surface area contributed by atoms with Crippen molar-refractivity contribution in [2.45, 2.75) is 44.7 Å². The maximum atomic E-state index is 5.40. The van der Waals surface area contributed by atoms with Crippen molar-refractivity contribution >= 4 is 5.96 Å². The van der Waals surface area contributed by atoms with E-state index >= 15 is 0 Å². The van der Waals surface area contributed by atoms with Crippen LogP contribution in [0.2, 0.25) is 0 Å². The first-order chi connectivity index (χ1) is 13.6. The topological polar surface area (TPSA) is 58.1 Å². The Balaban J connectivity index is 1.26. The summed E-state index contributed by atoms with van der Waals surface area (Å²) in [5.74, 6) is 3.62. The van der Waals surface area contributed by atoms with Gasteiger partial charge >= 0.3 is 0 Å². The Bertz CT molecular complexity index is 690. The Labute approximate surface area is 168 Å². The molecule has 1 unspecified atom stereocenters. The number of nitrogens with zero attached hydrogens (tertiary/aromatic N) is 2. The van der Waals surface area contributed by atoms with Gasteiger partial charge in [0.05, 0.1) is 14.2 Å². The number of rotatable bonds is 8. The standard InChI is InChI=1S/C22H34N4O2/c1-23-21(24-15-22(7-8-22)17-4-5-17)25-18-6-9-26(14-18)13-16-10-19(27-2)12-20(11-16)28-3/h10-12,17-18H,4-9,13-15H2,1-3H3,(H2,23,24,25). The number of hydrogen-bond donors (Lipinski definition) is 2. The van der Waals surface area contributed by atoms with Crippen LogP contribution >= 0.6 is 0 Å². The van der Waals surface area contributed by atoms with E-state index in [9.17, 15) is 0 Å². The monoisotopic (exact) mass is 386 g/mol. The second-order valence-corrected chi connectivity index (χ2v) is 8.65. The van der Waals surface area contributed by atoms with E-state index in [0.29, 0.717) is 11.5 Å². The minimum absolute atomic E-state index is 0.440. The molecule has 1 saturated heterocycles. The quantitative estimate of drug-likeness (QED) is 0.531. The molecule has 0 amide bonds. The van der Waals surface area contributed by atoms with E-state index in [0.717, 1.165) is 56.0 Å². The molecule has 6 heteroatoms. The van der Waals surface area contributed by atoms with Gasteiger partial charge < -0.3 is 20.1 Å². The van der Waals surface area contributed by atoms with E-state index in [-0.39, 0.29) is 0 Å². The molecular weight excluding hydrogens is 352 g/mol. The first-order valence-corrected chi connectivity index (χ1v) is 10.6. The van der Waals surface area contributed by atoms with Gasteiger partial charge in [-0.1, -0.05) is 0 Å². The summed E-state index contributed by atoms with van der Waals surface area (Å²) in [6.45, 7) is 4.09. The third-order valence-electron chi connectivity index (χ3n) is 6.60. The number of ether oxygens (including phenoxy) is 2. The second kappa shape index (κ2) is 8.19. The molecule has 2 N–H and O–H groups in total. The number of benzene rings is 1. The molecule has 3 aliphatic rings. The van der Waals surface area contributed by atoms with Gasteiger partial charge in [-0.05, 0) is 61.1 Å². The minimum Gasteiger partial charge on any atom is -0.497 e. The van der Waals surface area contributed by atoms with E-state index in [4.69, 9.17) is 9.47 Å². The first-order valence-electron chi connectivity index (χ1n) is 10.6. The van der Waals surface area contributed by atoms with Gasteiger partial charge in [0.1, 0.15) is 11.5 Å². The predicted octanol–water partition coefficient (Wildman–Crippen LogP) is 2.63. The molecule has 1 aromatic carbocycles. The van der Waals surface area contributed by atoms with Crippen LogP contribution in [0.4, 0.5) is 0 Å². The first kappa shape index (κ1) is 19.4. The Morgan fingerprint density at radius 2 is 1.86 bits per heavy atom. The van der Waals surface area contributed by atoms with Crippen molar-refractivity contribution in [3.8, 4) is 11.5 Å². The van der Waals surface area contributed by atoms with Gasteiger partial charge in [-0.25, -0.2) is 0 Å². The fourth-order valence-corrected chi connectivity index (χ4v) is 4.54. The number of methoxy groups -OCH3 is 2. The summed E-state index contributed by atoms with van der Waals surface area (Å²) in [5, 5.41) is 7.24. The molecule has 1 heterocycles. The molecule has 1 atom stereocenters. The highest BCUT2D eigenvalue weighted by atomic mass is 16.5. The fourth-order valence-electron chi connectivity index (χ4n) is 4.54. The van der Waals surface area contributed by atoms with Crippen molar-refractivity contribution in [1.82, 2.24) is 15.5 Å². The third kappa shape index (κ3) is 4.54. The fraction of sp³-hybridized carbons (Fsp3) is 0.682. The van der Waals surface area contributed by atoms with Crippen LogP contribution in [0, 0.1) is 11.3 Å². The highest BCUT2D eigenvalue weighted by Crippen LogP contribution is 2.60. The number of nitrogens with one attached hydrogen (secondary N) is 2. The van der Waals surface area contributed by atoms with Crippen molar-refractivity contribution < 1.29 is 9.47 Å². The molecule has 0 spiro atoms. The predicted molar refractivity (Wildman–Crippen MR) is 112 cm³/mol. The zero-order chi connectivity index (χ0) is 19.6. The zero-order valence-corrected chi connectivity index (χ0v) is 17.5. The number of guanidine groups is 1. The highest BCUT2D eigenvalue weighted by Gasteiger charge is 2.53. The highest BCUT2D eigenvalue weighted by molar-refractivity contribution is 5.80. The lowest BCUT2D eigenvalue weighted by Gasteiger charge is -2.21. The van der Waals surface area contributed by atoms with Crippen LogP contribution in [-0.2, 0) is 6.54 Å². The average molecular weight is 387 g/mol. The van der Waals surface area contributed by atoms with Crippen molar-refractivity contribution in [3.63, 3.8) is 0 Å². The molecule has 2 aliphatic carbocycles. The van der Waals surface area contributed by atoms with Crippen LogP contribution in [0.3, 0.4) is 0 Å². The number of likely N-dealkylation sites (tertiary alicyclic amines) is 1. The summed E-state index contributed by atoms with van der Waals surface area (Å²) < 4.78 is 10.8. The summed E-state index contributed by atoms with van der Waals surface area (Å²) in [6, 6.07) is 6.55. The third-order valence-corrected chi connectivity index (χ3v) is 6.60. The molecule has 0 radical (unpaired) electrons. The second-order valence-electron chi connectivity index (χ2n) is 8.65. The maximum absolute atomic E-state index is 5.40. The number of hydrogen-bond acceptors (Lipinski definition) is 4. The van der Waals surface area contributed by atoms with Gasteiger partial charge in [-0.2, -0.15) is 0 Å². The summed E-state index contributed by atoms with van der Waals surface area (Å²) in [4.78, 5) is 6.94. The van der Waals surface area contributed by atoms with Crippen LogP contribution in [0.1, 0.15) is 37.7 Å². The van der Waals surface area contributed by atoms with E-state index in [1.807, 2.05) is 13.1 Å². The average Bonchev–Trinajstić information content (AvgIpc) is 3.63. The van der Waals surface area contributed by atoms with E-state index < -0.39 is 0 Å². The van der Waals surface area contributed by atoms with E-state index in [1.165, 1.54) is 31.2 Å². The lowest BCUT2D eigenvalue weighted by atomic mass is 10.0. The summed E-state index contributed by atoms with van der Waals surface area (Å²) in [5.41, 5.74) is 1.81. The molecule has 3 fully saturated rings. The number of aliphatic imine (C=N–C) groups is 1. The van der Waals surface area contributed by atoms with Crippen LogP contribution in [-0.4, -0.2) is 57.8 Å². The van der Waals surface area contributed by atoms with Gasteiger partial charge in [0.2, 0.25) is 0 Å². The van der Waals surface area contributed by atoms with Crippen molar-refractivity contribution in [3.05, 3.63) is 23.8 Å². The SMILES string of the molecule is CN=C(NCC1(C2CC2)CC1)NC1CCN(Cc2cc(OC)cc(OC)c2)C1. The Morgan fingerprint density at radius 1 is 1.14 bits per heavy atom. The van der Waals surface area contributed by atoms with Crippen LogP contribution in [0.5, 0.6) is 11.5 Å². The molecule has 0 aromatic heterocycles. The molecule has 1 aromatic rings. The van der Waals surface area contributed by atoms with Crippen molar-refractivity contribution in [2.75, 3.05) is 40.9 Å². The van der Waals surface area contributed by atoms with Gasteiger partial charge in [0.15, 0.2) is 5.96 Å². The summed E-state index contributed by atoms with van der Waals surface area (Å²) in [7, 11) is 5.27. The largest absolute Gasteiger partial charge is 0.497 e. The lowest BCUT2D eigenvalue weighted by Crippen LogP contribution is -2.46. The molecule has 2 saturated carbocycles. The van der Waals surface area contributed by atoms with Gasteiger partial charge in [0, 0.05) is 45.3 Å². The van der Waals surface area contributed by atoms with Crippen molar-refractivity contribution in [2.24, 2.45) is 16.3 Å². The zero-order valence-electron chi connectivity index (χ0n) is 17.5. The summed E-state index contributed by atoms with van der Waals surface area (Å²) in [6.07, 6.45) is 6.78. The molecule has 1 aliphatic heterocycles. The van der Waals surface area contributed by atoms with Crippen LogP contribution in [0.25, 0.3) is 0 Å². The van der Waals surface area contributed by atoms with Crippen molar-refractivity contribution in [1.29, 1.82) is 0 Å². The maximum Gasteiger partial charge on any atom is 0.191 e. The molecular formula is C22H34N4O2. The van der Waals surface area contributed by atoms with Gasteiger partial charge in [-0.3, -0.25) is 9.89 Å². The molecule has 6 nitrogen and oxygen atoms in total. The molecule has 4 rings (SSSR count). The molecule has 154 valence electrons. The Hall–Kier alpha value is -1.95. The minimum atomic E-state index is 0.440. The van der Waals surface area contributed by atoms with Crippen LogP contribution in [0.15, 0.2) is 23.2 Å². The smallest absolute Gasteiger partial charge is 0.191 e. The Morgan fingerprint density at radius 3 is 2.43 bits per heavy atom. The molecule has 28 heavy (non-hydrogen) atoms. The van der Waals surface area contributed by atoms with E-state index in [1.54, 1.807) is 14.2 Å².